The van der Waals surface area contributed by atoms with Gasteiger partial charge in [-0.3, -0.25) is 0 Å². The molecule has 0 amide bonds. The molecule has 0 aliphatic carbocycles. The number of aromatic hydroxyl groups is 1. The molecule has 3 heteroatoms. The molecular formula is C15H16N2O. The van der Waals surface area contributed by atoms with Gasteiger partial charge in [0.05, 0.1) is 5.69 Å². The highest BCUT2D eigenvalue weighted by Gasteiger charge is 2.13. The lowest BCUT2D eigenvalue weighted by Crippen LogP contribution is -2.18. The standard InChI is InChI=1S/C15H16N2O/c18-13-6-3-5-12(11-13)14-7-4-8-15(16-14)17-9-1-2-10-17/h3-8,11,18H,1-2,9-10H2. The number of rotatable bonds is 2. The van der Waals surface area contributed by atoms with Gasteiger partial charge in [0, 0.05) is 18.7 Å². The molecule has 3 nitrogen and oxygen atoms in total. The molecule has 1 aliphatic heterocycles. The monoisotopic (exact) mass is 240 g/mol. The first-order valence-electron chi connectivity index (χ1n) is 6.34. The van der Waals surface area contributed by atoms with Crippen LogP contribution in [0.3, 0.4) is 0 Å². The van der Waals surface area contributed by atoms with E-state index in [1.54, 1.807) is 12.1 Å². The first-order chi connectivity index (χ1) is 8.83. The zero-order valence-electron chi connectivity index (χ0n) is 10.2. The second-order valence-electron chi connectivity index (χ2n) is 4.63. The molecule has 92 valence electrons. The number of anilines is 1. The number of hydrogen-bond acceptors (Lipinski definition) is 3. The molecule has 1 aromatic carbocycles. The highest BCUT2D eigenvalue weighted by atomic mass is 16.3. The first kappa shape index (κ1) is 11.1. The molecule has 0 atom stereocenters. The summed E-state index contributed by atoms with van der Waals surface area (Å²) in [5.74, 6) is 1.31. The molecule has 1 saturated heterocycles. The maximum Gasteiger partial charge on any atom is 0.129 e. The summed E-state index contributed by atoms with van der Waals surface area (Å²) < 4.78 is 0. The fourth-order valence-corrected chi connectivity index (χ4v) is 2.37. The fourth-order valence-electron chi connectivity index (χ4n) is 2.37. The smallest absolute Gasteiger partial charge is 0.129 e. The van der Waals surface area contributed by atoms with Crippen LogP contribution in [-0.4, -0.2) is 23.2 Å². The zero-order chi connectivity index (χ0) is 12.4. The van der Waals surface area contributed by atoms with Crippen LogP contribution in [0.5, 0.6) is 5.75 Å². The van der Waals surface area contributed by atoms with Gasteiger partial charge >= 0.3 is 0 Å². The largest absolute Gasteiger partial charge is 0.508 e. The highest BCUT2D eigenvalue weighted by molar-refractivity contribution is 5.63. The fraction of sp³-hybridized carbons (Fsp3) is 0.267. The number of hydrogen-bond donors (Lipinski definition) is 1. The Hall–Kier alpha value is -2.03. The maximum absolute atomic E-state index is 9.52. The Kier molecular flexibility index (Phi) is 2.89. The molecule has 0 unspecified atom stereocenters. The molecule has 1 aliphatic rings. The summed E-state index contributed by atoms with van der Waals surface area (Å²) in [5.41, 5.74) is 1.87. The van der Waals surface area contributed by atoms with Crippen LogP contribution in [0.1, 0.15) is 12.8 Å². The summed E-state index contributed by atoms with van der Waals surface area (Å²) in [7, 11) is 0. The number of phenols is 1. The van der Waals surface area contributed by atoms with E-state index in [1.165, 1.54) is 12.8 Å². The van der Waals surface area contributed by atoms with E-state index < -0.39 is 0 Å². The Balaban J connectivity index is 1.95. The van der Waals surface area contributed by atoms with Crippen molar-refractivity contribution in [3.8, 4) is 17.0 Å². The molecule has 18 heavy (non-hydrogen) atoms. The third kappa shape index (κ3) is 2.16. The minimum absolute atomic E-state index is 0.279. The summed E-state index contributed by atoms with van der Waals surface area (Å²) in [6.07, 6.45) is 2.50. The van der Waals surface area contributed by atoms with Gasteiger partial charge in [0.15, 0.2) is 0 Å². The number of phenolic OH excluding ortho intramolecular Hbond substituents is 1. The molecule has 0 radical (unpaired) electrons. The van der Waals surface area contributed by atoms with Crippen molar-refractivity contribution in [3.05, 3.63) is 42.5 Å². The molecule has 0 saturated carbocycles. The molecule has 0 bridgehead atoms. The van der Waals surface area contributed by atoms with Crippen LogP contribution in [-0.2, 0) is 0 Å². The molecule has 3 rings (SSSR count). The van der Waals surface area contributed by atoms with Gasteiger partial charge in [0.2, 0.25) is 0 Å². The minimum Gasteiger partial charge on any atom is -0.508 e. The molecule has 1 aromatic heterocycles. The molecular weight excluding hydrogens is 224 g/mol. The van der Waals surface area contributed by atoms with Crippen LogP contribution in [0.25, 0.3) is 11.3 Å². The lowest BCUT2D eigenvalue weighted by atomic mass is 10.1. The quantitative estimate of drug-likeness (QED) is 0.876. The predicted octanol–water partition coefficient (Wildman–Crippen LogP) is 3.05. The van der Waals surface area contributed by atoms with Gasteiger partial charge in [-0.05, 0) is 37.1 Å². The van der Waals surface area contributed by atoms with Crippen molar-refractivity contribution in [1.29, 1.82) is 0 Å². The third-order valence-electron chi connectivity index (χ3n) is 3.31. The van der Waals surface area contributed by atoms with Crippen molar-refractivity contribution >= 4 is 5.82 Å². The second kappa shape index (κ2) is 4.69. The van der Waals surface area contributed by atoms with Gasteiger partial charge < -0.3 is 10.0 Å². The van der Waals surface area contributed by atoms with Crippen molar-refractivity contribution in [3.63, 3.8) is 0 Å². The summed E-state index contributed by atoms with van der Waals surface area (Å²) in [6.45, 7) is 2.19. The van der Waals surface area contributed by atoms with E-state index in [9.17, 15) is 5.11 Å². The molecule has 2 aromatic rings. The summed E-state index contributed by atoms with van der Waals surface area (Å²) in [5, 5.41) is 9.52. The number of nitrogens with zero attached hydrogens (tertiary/aromatic N) is 2. The Morgan fingerprint density at radius 1 is 1.00 bits per heavy atom. The van der Waals surface area contributed by atoms with Gasteiger partial charge in [-0.25, -0.2) is 4.98 Å². The highest BCUT2D eigenvalue weighted by Crippen LogP contribution is 2.25. The van der Waals surface area contributed by atoms with Crippen LogP contribution >= 0.6 is 0 Å². The van der Waals surface area contributed by atoms with E-state index in [0.29, 0.717) is 0 Å². The average Bonchev–Trinajstić information content (AvgIpc) is 2.93. The van der Waals surface area contributed by atoms with Crippen molar-refractivity contribution < 1.29 is 5.11 Å². The van der Waals surface area contributed by atoms with E-state index in [0.717, 1.165) is 30.2 Å². The minimum atomic E-state index is 0.279. The Bertz CT molecular complexity index is 548. The maximum atomic E-state index is 9.52. The predicted molar refractivity (Wildman–Crippen MR) is 72.8 cm³/mol. The Morgan fingerprint density at radius 2 is 1.78 bits per heavy atom. The van der Waals surface area contributed by atoms with Gasteiger partial charge in [-0.1, -0.05) is 18.2 Å². The van der Waals surface area contributed by atoms with Gasteiger partial charge in [-0.15, -0.1) is 0 Å². The van der Waals surface area contributed by atoms with Crippen molar-refractivity contribution in [2.75, 3.05) is 18.0 Å². The van der Waals surface area contributed by atoms with Crippen LogP contribution in [0.2, 0.25) is 0 Å². The normalized spacial score (nSPS) is 15.0. The van der Waals surface area contributed by atoms with Crippen molar-refractivity contribution in [2.24, 2.45) is 0 Å². The summed E-state index contributed by atoms with van der Waals surface area (Å²) >= 11 is 0. The number of aromatic nitrogens is 1. The zero-order valence-corrected chi connectivity index (χ0v) is 10.2. The van der Waals surface area contributed by atoms with Crippen LogP contribution in [0.15, 0.2) is 42.5 Å². The van der Waals surface area contributed by atoms with Crippen LogP contribution in [0, 0.1) is 0 Å². The van der Waals surface area contributed by atoms with Gasteiger partial charge in [0.25, 0.3) is 0 Å². The average molecular weight is 240 g/mol. The molecule has 2 heterocycles. The first-order valence-corrected chi connectivity index (χ1v) is 6.34. The van der Waals surface area contributed by atoms with E-state index in [-0.39, 0.29) is 5.75 Å². The van der Waals surface area contributed by atoms with Crippen molar-refractivity contribution in [1.82, 2.24) is 4.98 Å². The number of pyridine rings is 1. The van der Waals surface area contributed by atoms with Gasteiger partial charge in [0.1, 0.15) is 11.6 Å². The summed E-state index contributed by atoms with van der Waals surface area (Å²) in [4.78, 5) is 6.99. The van der Waals surface area contributed by atoms with E-state index >= 15 is 0 Å². The lowest BCUT2D eigenvalue weighted by Gasteiger charge is -2.16. The Morgan fingerprint density at radius 3 is 2.56 bits per heavy atom. The number of benzene rings is 1. The van der Waals surface area contributed by atoms with Gasteiger partial charge in [-0.2, -0.15) is 0 Å². The Labute approximate surface area is 107 Å². The third-order valence-corrected chi connectivity index (χ3v) is 3.31. The van der Waals surface area contributed by atoms with Crippen molar-refractivity contribution in [2.45, 2.75) is 12.8 Å². The van der Waals surface area contributed by atoms with E-state index in [2.05, 4.69) is 16.0 Å². The van der Waals surface area contributed by atoms with Crippen LogP contribution < -0.4 is 4.90 Å². The lowest BCUT2D eigenvalue weighted by molar-refractivity contribution is 0.475. The van der Waals surface area contributed by atoms with Crippen LogP contribution in [0.4, 0.5) is 5.82 Å². The van der Waals surface area contributed by atoms with E-state index in [1.807, 2.05) is 24.3 Å². The second-order valence-corrected chi connectivity index (χ2v) is 4.63. The molecule has 0 spiro atoms. The van der Waals surface area contributed by atoms with E-state index in [4.69, 9.17) is 0 Å². The topological polar surface area (TPSA) is 36.4 Å². The summed E-state index contributed by atoms with van der Waals surface area (Å²) in [6, 6.07) is 13.3. The molecule has 1 N–H and O–H groups in total. The molecule has 1 fully saturated rings. The SMILES string of the molecule is Oc1cccc(-c2cccc(N3CCCC3)n2)c1.